The maximum atomic E-state index is 12.6. The maximum Gasteiger partial charge on any atom is 0.239 e. The number of carbonyl (C=O) groups excluding carboxylic acids is 1. The van der Waals surface area contributed by atoms with Crippen LogP contribution in [0.25, 0.3) is 0 Å². The summed E-state index contributed by atoms with van der Waals surface area (Å²) >= 11 is 0. The van der Waals surface area contributed by atoms with E-state index in [4.69, 9.17) is 0 Å². The van der Waals surface area contributed by atoms with E-state index >= 15 is 0 Å². The van der Waals surface area contributed by atoms with Crippen molar-refractivity contribution < 1.29 is 4.79 Å². The van der Waals surface area contributed by atoms with Crippen molar-refractivity contribution in [3.63, 3.8) is 0 Å². The average Bonchev–Trinajstić information content (AvgIpc) is 2.52. The Morgan fingerprint density at radius 1 is 1.19 bits per heavy atom. The van der Waals surface area contributed by atoms with E-state index in [0.717, 1.165) is 45.1 Å². The van der Waals surface area contributed by atoms with Crippen molar-refractivity contribution in [3.8, 4) is 0 Å². The van der Waals surface area contributed by atoms with Crippen LogP contribution in [0.1, 0.15) is 46.5 Å². The van der Waals surface area contributed by atoms with Crippen LogP contribution in [-0.4, -0.2) is 61.0 Å². The highest BCUT2D eigenvalue weighted by Gasteiger charge is 2.30. The lowest BCUT2D eigenvalue weighted by Crippen LogP contribution is -2.52. The topological polar surface area (TPSA) is 35.6 Å². The molecule has 0 aliphatic carbocycles. The van der Waals surface area contributed by atoms with Crippen LogP contribution in [-0.2, 0) is 4.79 Å². The summed E-state index contributed by atoms with van der Waals surface area (Å²) < 4.78 is 0. The van der Waals surface area contributed by atoms with Crippen molar-refractivity contribution in [3.05, 3.63) is 0 Å². The number of amides is 1. The molecule has 2 atom stereocenters. The standard InChI is InChI=1S/C17H33N3O/c1-4-19(5-2)13-15-7-10-20(11-8-15)17(21)16-12-14(3)6-9-18-16/h14-16,18H,4-13H2,1-3H3. The smallest absolute Gasteiger partial charge is 0.239 e. The van der Waals surface area contributed by atoms with Crippen molar-refractivity contribution in [2.45, 2.75) is 52.5 Å². The van der Waals surface area contributed by atoms with Crippen LogP contribution in [0.3, 0.4) is 0 Å². The molecule has 0 aromatic heterocycles. The van der Waals surface area contributed by atoms with Gasteiger partial charge in [-0.05, 0) is 57.2 Å². The second-order valence-corrected chi connectivity index (χ2v) is 6.89. The third kappa shape index (κ3) is 4.68. The number of hydrogen-bond donors (Lipinski definition) is 1. The van der Waals surface area contributed by atoms with E-state index < -0.39 is 0 Å². The van der Waals surface area contributed by atoms with Gasteiger partial charge in [-0.1, -0.05) is 20.8 Å². The molecular formula is C17H33N3O. The monoisotopic (exact) mass is 295 g/mol. The second-order valence-electron chi connectivity index (χ2n) is 6.89. The van der Waals surface area contributed by atoms with Crippen LogP contribution in [0.4, 0.5) is 0 Å². The molecule has 2 aliphatic heterocycles. The minimum absolute atomic E-state index is 0.0769. The highest BCUT2D eigenvalue weighted by Crippen LogP contribution is 2.22. The van der Waals surface area contributed by atoms with Crippen LogP contribution in [0, 0.1) is 11.8 Å². The highest BCUT2D eigenvalue weighted by molar-refractivity contribution is 5.82. The summed E-state index contributed by atoms with van der Waals surface area (Å²) in [5, 5.41) is 3.41. The summed E-state index contributed by atoms with van der Waals surface area (Å²) in [6.07, 6.45) is 4.56. The average molecular weight is 295 g/mol. The molecule has 21 heavy (non-hydrogen) atoms. The van der Waals surface area contributed by atoms with Crippen molar-refractivity contribution in [2.24, 2.45) is 11.8 Å². The Kier molecular flexibility index (Phi) is 6.49. The molecule has 1 N–H and O–H groups in total. The zero-order chi connectivity index (χ0) is 15.2. The van der Waals surface area contributed by atoms with Gasteiger partial charge in [-0.25, -0.2) is 0 Å². The molecule has 0 aromatic carbocycles. The molecule has 2 heterocycles. The van der Waals surface area contributed by atoms with E-state index in [1.807, 2.05) is 0 Å². The fraction of sp³-hybridized carbons (Fsp3) is 0.941. The van der Waals surface area contributed by atoms with Gasteiger partial charge in [0.25, 0.3) is 0 Å². The Bertz CT molecular complexity index is 322. The summed E-state index contributed by atoms with van der Waals surface area (Å²) in [5.74, 6) is 1.80. The molecule has 2 saturated heterocycles. The summed E-state index contributed by atoms with van der Waals surface area (Å²) in [5.41, 5.74) is 0. The molecule has 2 fully saturated rings. The van der Waals surface area contributed by atoms with Crippen molar-refractivity contribution in [1.82, 2.24) is 15.1 Å². The van der Waals surface area contributed by atoms with E-state index in [1.54, 1.807) is 0 Å². The number of piperidine rings is 2. The van der Waals surface area contributed by atoms with Gasteiger partial charge in [0.1, 0.15) is 0 Å². The maximum absolute atomic E-state index is 12.6. The van der Waals surface area contributed by atoms with Crippen LogP contribution in [0.2, 0.25) is 0 Å². The lowest BCUT2D eigenvalue weighted by molar-refractivity contribution is -0.135. The molecule has 0 saturated carbocycles. The van der Waals surface area contributed by atoms with Gasteiger partial charge in [-0.15, -0.1) is 0 Å². The summed E-state index contributed by atoms with van der Waals surface area (Å²) in [6.45, 7) is 13.1. The van der Waals surface area contributed by atoms with Gasteiger partial charge < -0.3 is 15.1 Å². The molecule has 0 bridgehead atoms. The first-order chi connectivity index (χ1) is 10.1. The number of carbonyl (C=O) groups is 1. The van der Waals surface area contributed by atoms with Crippen molar-refractivity contribution in [2.75, 3.05) is 39.3 Å². The zero-order valence-electron chi connectivity index (χ0n) is 14.1. The molecule has 2 rings (SSSR count). The van der Waals surface area contributed by atoms with Crippen molar-refractivity contribution >= 4 is 5.91 Å². The minimum Gasteiger partial charge on any atom is -0.341 e. The molecule has 2 aliphatic rings. The van der Waals surface area contributed by atoms with Crippen LogP contribution >= 0.6 is 0 Å². The van der Waals surface area contributed by atoms with Gasteiger partial charge in [0.15, 0.2) is 0 Å². The Morgan fingerprint density at radius 3 is 2.43 bits per heavy atom. The third-order valence-corrected chi connectivity index (χ3v) is 5.30. The first-order valence-corrected chi connectivity index (χ1v) is 8.88. The molecule has 4 heteroatoms. The first kappa shape index (κ1) is 16.8. The molecule has 0 aromatic rings. The molecule has 122 valence electrons. The number of nitrogens with zero attached hydrogens (tertiary/aromatic N) is 2. The second kappa shape index (κ2) is 8.14. The Morgan fingerprint density at radius 2 is 1.86 bits per heavy atom. The first-order valence-electron chi connectivity index (χ1n) is 8.88. The normalized spacial score (nSPS) is 28.1. The SMILES string of the molecule is CCN(CC)CC1CCN(C(=O)C2CC(C)CCN2)CC1. The van der Waals surface area contributed by atoms with E-state index in [0.29, 0.717) is 11.8 Å². The number of rotatable bonds is 5. The molecular weight excluding hydrogens is 262 g/mol. The Balaban J connectivity index is 1.76. The van der Waals surface area contributed by atoms with E-state index in [1.165, 1.54) is 25.8 Å². The lowest BCUT2D eigenvalue weighted by Gasteiger charge is -2.37. The highest BCUT2D eigenvalue weighted by atomic mass is 16.2. The molecule has 1 amide bonds. The summed E-state index contributed by atoms with van der Waals surface area (Å²) in [4.78, 5) is 17.2. The summed E-state index contributed by atoms with van der Waals surface area (Å²) in [7, 11) is 0. The fourth-order valence-electron chi connectivity index (χ4n) is 3.70. The quantitative estimate of drug-likeness (QED) is 0.842. The third-order valence-electron chi connectivity index (χ3n) is 5.30. The van der Waals surface area contributed by atoms with Gasteiger partial charge in [-0.3, -0.25) is 4.79 Å². The molecule has 4 nitrogen and oxygen atoms in total. The fourth-order valence-corrected chi connectivity index (χ4v) is 3.70. The van der Waals surface area contributed by atoms with E-state index in [9.17, 15) is 4.79 Å². The Hall–Kier alpha value is -0.610. The molecule has 0 spiro atoms. The van der Waals surface area contributed by atoms with Crippen LogP contribution in [0.5, 0.6) is 0 Å². The lowest BCUT2D eigenvalue weighted by atomic mass is 9.91. The predicted octanol–water partition coefficient (Wildman–Crippen LogP) is 1.95. The van der Waals surface area contributed by atoms with E-state index in [-0.39, 0.29) is 6.04 Å². The van der Waals surface area contributed by atoms with Crippen LogP contribution < -0.4 is 5.32 Å². The number of hydrogen-bond acceptors (Lipinski definition) is 3. The summed E-state index contributed by atoms with van der Waals surface area (Å²) in [6, 6.07) is 0.0769. The van der Waals surface area contributed by atoms with Crippen LogP contribution in [0.15, 0.2) is 0 Å². The zero-order valence-corrected chi connectivity index (χ0v) is 14.1. The van der Waals surface area contributed by atoms with E-state index in [2.05, 4.69) is 35.9 Å². The number of nitrogens with one attached hydrogen (secondary N) is 1. The van der Waals surface area contributed by atoms with Crippen molar-refractivity contribution in [1.29, 1.82) is 0 Å². The van der Waals surface area contributed by atoms with Gasteiger partial charge in [0.05, 0.1) is 6.04 Å². The minimum atomic E-state index is 0.0769. The van der Waals surface area contributed by atoms with Gasteiger partial charge in [-0.2, -0.15) is 0 Å². The number of likely N-dealkylation sites (tertiary alicyclic amines) is 1. The van der Waals surface area contributed by atoms with Gasteiger partial charge >= 0.3 is 0 Å². The van der Waals surface area contributed by atoms with Gasteiger partial charge in [0.2, 0.25) is 5.91 Å². The predicted molar refractivity (Wildman–Crippen MR) is 87.3 cm³/mol. The Labute approximate surface area is 130 Å². The largest absolute Gasteiger partial charge is 0.341 e. The molecule has 0 radical (unpaired) electrons. The van der Waals surface area contributed by atoms with Gasteiger partial charge in [0, 0.05) is 19.6 Å². The molecule has 2 unspecified atom stereocenters.